The number of carboxylic acids is 1. The van der Waals surface area contributed by atoms with Crippen molar-refractivity contribution in [2.24, 2.45) is 0 Å². The van der Waals surface area contributed by atoms with Crippen molar-refractivity contribution in [1.82, 2.24) is 0 Å². The Balaban J connectivity index is 0.000000535. The highest BCUT2D eigenvalue weighted by Gasteiger charge is 2.24. The summed E-state index contributed by atoms with van der Waals surface area (Å²) in [4.78, 5) is 10.2. The van der Waals surface area contributed by atoms with Crippen molar-refractivity contribution in [2.75, 3.05) is 26.2 Å². The van der Waals surface area contributed by atoms with E-state index in [1.54, 1.807) is 30.3 Å². The third-order valence-corrected chi connectivity index (χ3v) is 4.68. The van der Waals surface area contributed by atoms with Crippen LogP contribution in [0.5, 0.6) is 0 Å². The molecule has 0 aliphatic heterocycles. The third-order valence-electron chi connectivity index (χ3n) is 4.68. The number of rotatable bonds is 12. The van der Waals surface area contributed by atoms with E-state index in [1.807, 2.05) is 0 Å². The molecule has 0 bridgehead atoms. The summed E-state index contributed by atoms with van der Waals surface area (Å²) in [5.41, 5.74) is 0.331. The number of unbranched alkanes of at least 4 members (excludes halogenated alkanes) is 3. The summed E-state index contributed by atoms with van der Waals surface area (Å²) in [6, 6.07) is 8.30. The maximum absolute atomic E-state index is 10.2. The SMILES string of the molecule is CCCC[N+](CCC)(CCCC)CCCC.O=C(O)c1ccccc1. The summed E-state index contributed by atoms with van der Waals surface area (Å²) in [6.45, 7) is 15.0. The molecule has 0 heterocycles. The van der Waals surface area contributed by atoms with Crippen molar-refractivity contribution in [3.63, 3.8) is 0 Å². The van der Waals surface area contributed by atoms with E-state index < -0.39 is 5.97 Å². The third kappa shape index (κ3) is 11.0. The molecule has 3 nitrogen and oxygen atoms in total. The van der Waals surface area contributed by atoms with Crippen LogP contribution >= 0.6 is 0 Å². The Morgan fingerprint density at radius 1 is 0.760 bits per heavy atom. The molecule has 0 saturated carbocycles. The van der Waals surface area contributed by atoms with Crippen molar-refractivity contribution in [3.8, 4) is 0 Å². The summed E-state index contributed by atoms with van der Waals surface area (Å²) >= 11 is 0. The summed E-state index contributed by atoms with van der Waals surface area (Å²) < 4.78 is 1.41. The molecule has 144 valence electrons. The minimum Gasteiger partial charge on any atom is -0.478 e. The zero-order valence-corrected chi connectivity index (χ0v) is 17.0. The van der Waals surface area contributed by atoms with Crippen LogP contribution in [0.15, 0.2) is 30.3 Å². The quantitative estimate of drug-likeness (QED) is 0.469. The Kier molecular flexibility index (Phi) is 14.1. The standard InChI is InChI=1S/C15H34N.C7H6O2/c1-5-9-13-16(12-8-4,14-10-6-2)15-11-7-3;8-7(9)6-4-2-1-3-5-6/h5-15H2,1-4H3;1-5H,(H,8,9)/q+1;. The molecule has 0 aliphatic rings. The van der Waals surface area contributed by atoms with E-state index in [4.69, 9.17) is 5.11 Å². The average Bonchev–Trinajstić information content (AvgIpc) is 2.64. The van der Waals surface area contributed by atoms with E-state index >= 15 is 0 Å². The van der Waals surface area contributed by atoms with Gasteiger partial charge in [0, 0.05) is 0 Å². The van der Waals surface area contributed by atoms with E-state index in [2.05, 4.69) is 27.7 Å². The van der Waals surface area contributed by atoms with Gasteiger partial charge >= 0.3 is 5.97 Å². The molecule has 0 amide bonds. The summed E-state index contributed by atoms with van der Waals surface area (Å²) in [6.07, 6.45) is 9.62. The van der Waals surface area contributed by atoms with Crippen LogP contribution in [-0.2, 0) is 0 Å². The van der Waals surface area contributed by atoms with E-state index in [0.29, 0.717) is 5.56 Å². The zero-order valence-electron chi connectivity index (χ0n) is 17.0. The molecule has 25 heavy (non-hydrogen) atoms. The highest BCUT2D eigenvalue weighted by molar-refractivity contribution is 5.87. The van der Waals surface area contributed by atoms with Gasteiger partial charge in [-0.05, 0) is 37.8 Å². The molecule has 0 radical (unpaired) electrons. The monoisotopic (exact) mass is 350 g/mol. The molecule has 0 atom stereocenters. The Morgan fingerprint density at radius 2 is 1.20 bits per heavy atom. The number of carbonyl (C=O) groups is 1. The van der Waals surface area contributed by atoms with Crippen LogP contribution in [0.1, 0.15) is 83.0 Å². The lowest BCUT2D eigenvalue weighted by molar-refractivity contribution is -0.928. The van der Waals surface area contributed by atoms with Crippen LogP contribution in [0.25, 0.3) is 0 Å². The number of hydrogen-bond acceptors (Lipinski definition) is 1. The first-order valence-corrected chi connectivity index (χ1v) is 10.2. The van der Waals surface area contributed by atoms with Gasteiger partial charge in [0.05, 0.1) is 31.7 Å². The Bertz CT molecular complexity index is 409. The van der Waals surface area contributed by atoms with E-state index in [1.165, 1.54) is 75.6 Å². The minimum absolute atomic E-state index is 0.331. The first-order valence-electron chi connectivity index (χ1n) is 10.2. The second kappa shape index (κ2) is 14.9. The fourth-order valence-electron chi connectivity index (χ4n) is 3.21. The number of carboxylic acid groups (broad SMARTS) is 1. The number of hydrogen-bond donors (Lipinski definition) is 1. The van der Waals surface area contributed by atoms with Gasteiger partial charge in [0.1, 0.15) is 0 Å². The van der Waals surface area contributed by atoms with Crippen molar-refractivity contribution in [3.05, 3.63) is 35.9 Å². The lowest BCUT2D eigenvalue weighted by Crippen LogP contribution is -2.50. The van der Waals surface area contributed by atoms with Gasteiger partial charge in [-0.3, -0.25) is 0 Å². The predicted molar refractivity (Wildman–Crippen MR) is 108 cm³/mol. The van der Waals surface area contributed by atoms with Crippen LogP contribution in [0.4, 0.5) is 0 Å². The molecule has 3 heteroatoms. The van der Waals surface area contributed by atoms with Crippen LogP contribution in [0.2, 0.25) is 0 Å². The van der Waals surface area contributed by atoms with Gasteiger partial charge in [0.2, 0.25) is 0 Å². The van der Waals surface area contributed by atoms with Crippen LogP contribution in [0.3, 0.4) is 0 Å². The fourth-order valence-corrected chi connectivity index (χ4v) is 3.21. The average molecular weight is 351 g/mol. The molecule has 1 aromatic carbocycles. The van der Waals surface area contributed by atoms with E-state index in [9.17, 15) is 4.79 Å². The lowest BCUT2D eigenvalue weighted by atomic mass is 10.1. The normalized spacial score (nSPS) is 10.9. The summed E-state index contributed by atoms with van der Waals surface area (Å²) in [5.74, 6) is -0.879. The molecule has 0 saturated heterocycles. The maximum Gasteiger partial charge on any atom is 0.335 e. The van der Waals surface area contributed by atoms with Gasteiger partial charge in [-0.1, -0.05) is 65.2 Å². The fraction of sp³-hybridized carbons (Fsp3) is 0.682. The molecule has 0 unspecified atom stereocenters. The van der Waals surface area contributed by atoms with Crippen LogP contribution in [-0.4, -0.2) is 41.7 Å². The highest BCUT2D eigenvalue weighted by Crippen LogP contribution is 2.15. The number of quaternary nitrogens is 1. The number of aromatic carboxylic acids is 1. The zero-order chi connectivity index (χ0) is 19.0. The first-order chi connectivity index (χ1) is 12.0. The van der Waals surface area contributed by atoms with Crippen molar-refractivity contribution in [1.29, 1.82) is 0 Å². The number of benzene rings is 1. The Morgan fingerprint density at radius 3 is 1.48 bits per heavy atom. The van der Waals surface area contributed by atoms with Crippen LogP contribution in [0, 0.1) is 0 Å². The first kappa shape index (κ1) is 23.6. The molecule has 0 aliphatic carbocycles. The topological polar surface area (TPSA) is 37.3 Å². The van der Waals surface area contributed by atoms with Crippen molar-refractivity contribution < 1.29 is 14.4 Å². The predicted octanol–water partition coefficient (Wildman–Crippen LogP) is 6.00. The second-order valence-corrected chi connectivity index (χ2v) is 6.97. The highest BCUT2D eigenvalue weighted by atomic mass is 16.4. The molecule has 1 aromatic rings. The van der Waals surface area contributed by atoms with Gasteiger partial charge in [0.15, 0.2) is 0 Å². The maximum atomic E-state index is 10.2. The molecular formula is C22H40NO2+. The molecule has 1 N–H and O–H groups in total. The molecule has 1 rings (SSSR count). The Hall–Kier alpha value is -1.35. The van der Waals surface area contributed by atoms with Gasteiger partial charge in [0.25, 0.3) is 0 Å². The summed E-state index contributed by atoms with van der Waals surface area (Å²) in [5, 5.41) is 8.38. The van der Waals surface area contributed by atoms with Gasteiger partial charge in [-0.2, -0.15) is 0 Å². The van der Waals surface area contributed by atoms with Gasteiger partial charge in [-0.25, -0.2) is 4.79 Å². The molecule has 0 aromatic heterocycles. The van der Waals surface area contributed by atoms with E-state index in [-0.39, 0.29) is 0 Å². The molecule has 0 fully saturated rings. The van der Waals surface area contributed by atoms with Gasteiger partial charge in [-0.15, -0.1) is 0 Å². The van der Waals surface area contributed by atoms with E-state index in [0.717, 1.165) is 0 Å². The van der Waals surface area contributed by atoms with Crippen molar-refractivity contribution in [2.45, 2.75) is 72.6 Å². The largest absolute Gasteiger partial charge is 0.478 e. The van der Waals surface area contributed by atoms with Crippen LogP contribution < -0.4 is 0 Å². The minimum atomic E-state index is -0.879. The molecule has 0 spiro atoms. The molecular weight excluding hydrogens is 310 g/mol. The second-order valence-electron chi connectivity index (χ2n) is 6.97. The Labute approximate surface area is 155 Å². The van der Waals surface area contributed by atoms with Gasteiger partial charge < -0.3 is 9.59 Å². The smallest absolute Gasteiger partial charge is 0.335 e. The number of nitrogens with zero attached hydrogens (tertiary/aromatic N) is 1. The summed E-state index contributed by atoms with van der Waals surface area (Å²) in [7, 11) is 0. The lowest BCUT2D eigenvalue weighted by Gasteiger charge is -2.39. The van der Waals surface area contributed by atoms with Crippen molar-refractivity contribution >= 4 is 5.97 Å².